The molecule has 3 aromatic rings. The van der Waals surface area contributed by atoms with Crippen LogP contribution >= 0.6 is 11.6 Å². The molecule has 1 saturated carbocycles. The maximum absolute atomic E-state index is 13.9. The van der Waals surface area contributed by atoms with E-state index in [4.69, 9.17) is 11.6 Å². The van der Waals surface area contributed by atoms with Crippen molar-refractivity contribution in [2.45, 2.75) is 25.9 Å². The van der Waals surface area contributed by atoms with Gasteiger partial charge >= 0.3 is 0 Å². The fourth-order valence-corrected chi connectivity index (χ4v) is 3.32. The number of hydrogen-bond donors (Lipinski definition) is 0. The van der Waals surface area contributed by atoms with Crippen LogP contribution in [0.2, 0.25) is 5.02 Å². The summed E-state index contributed by atoms with van der Waals surface area (Å²) in [4.78, 5) is 18.8. The Morgan fingerprint density at radius 1 is 1.31 bits per heavy atom. The smallest absolute Gasteiger partial charge is 0.256 e. The first-order chi connectivity index (χ1) is 12.5. The minimum atomic E-state index is -0.511. The van der Waals surface area contributed by atoms with Crippen molar-refractivity contribution in [2.24, 2.45) is 5.92 Å². The highest BCUT2D eigenvalue weighted by Crippen LogP contribution is 2.33. The molecule has 0 aliphatic heterocycles. The lowest BCUT2D eigenvalue weighted by Gasteiger charge is -2.18. The second-order valence-corrected chi connectivity index (χ2v) is 7.29. The highest BCUT2D eigenvalue weighted by atomic mass is 35.5. The summed E-state index contributed by atoms with van der Waals surface area (Å²) in [7, 11) is 1.67. The second kappa shape index (κ2) is 6.72. The normalized spacial score (nSPS) is 14.0. The average molecular weight is 372 g/mol. The van der Waals surface area contributed by atoms with Gasteiger partial charge in [0, 0.05) is 18.6 Å². The molecule has 0 atom stereocenters. The van der Waals surface area contributed by atoms with Crippen LogP contribution in [0.25, 0.3) is 11.0 Å². The molecule has 1 heterocycles. The molecule has 4 rings (SSSR count). The van der Waals surface area contributed by atoms with Gasteiger partial charge in [0.1, 0.15) is 11.6 Å². The van der Waals surface area contributed by atoms with Crippen LogP contribution in [-0.2, 0) is 13.1 Å². The number of hydrogen-bond acceptors (Lipinski definition) is 2. The van der Waals surface area contributed by atoms with Crippen LogP contribution in [0, 0.1) is 11.7 Å². The molecule has 0 spiro atoms. The Morgan fingerprint density at radius 3 is 2.81 bits per heavy atom. The van der Waals surface area contributed by atoms with Crippen LogP contribution in [0.3, 0.4) is 0 Å². The van der Waals surface area contributed by atoms with E-state index in [0.29, 0.717) is 17.5 Å². The third-order valence-corrected chi connectivity index (χ3v) is 4.99. The minimum absolute atomic E-state index is 0.0721. The summed E-state index contributed by atoms with van der Waals surface area (Å²) in [5, 5.41) is 0.664. The van der Waals surface area contributed by atoms with Gasteiger partial charge in [-0.25, -0.2) is 9.37 Å². The van der Waals surface area contributed by atoms with Crippen molar-refractivity contribution in [3.05, 3.63) is 64.7 Å². The highest BCUT2D eigenvalue weighted by Gasteiger charge is 2.25. The van der Waals surface area contributed by atoms with E-state index in [9.17, 15) is 9.18 Å². The standard InChI is InChI=1S/C20H19ClFN3O/c1-24(20(26)15-4-2-3-5-16(15)22)12-19-23-17-9-8-14(21)10-18(17)25(19)11-13-6-7-13/h2-5,8-10,13H,6-7,11-12H2,1H3. The molecule has 1 fully saturated rings. The SMILES string of the molecule is CN(Cc1nc2ccc(Cl)cc2n1CC1CC1)C(=O)c1ccccc1F. The minimum Gasteiger partial charge on any atom is -0.334 e. The van der Waals surface area contributed by atoms with E-state index in [0.717, 1.165) is 23.4 Å². The zero-order chi connectivity index (χ0) is 18.3. The first-order valence-corrected chi connectivity index (χ1v) is 9.05. The molecule has 0 bridgehead atoms. The van der Waals surface area contributed by atoms with Gasteiger partial charge in [-0.3, -0.25) is 4.79 Å². The number of aromatic nitrogens is 2. The van der Waals surface area contributed by atoms with Crippen LogP contribution < -0.4 is 0 Å². The van der Waals surface area contributed by atoms with E-state index >= 15 is 0 Å². The molecule has 0 saturated heterocycles. The van der Waals surface area contributed by atoms with Crippen LogP contribution in [-0.4, -0.2) is 27.4 Å². The number of fused-ring (bicyclic) bond motifs is 1. The zero-order valence-electron chi connectivity index (χ0n) is 14.5. The summed E-state index contributed by atoms with van der Waals surface area (Å²) in [6, 6.07) is 11.7. The fourth-order valence-electron chi connectivity index (χ4n) is 3.15. The highest BCUT2D eigenvalue weighted by molar-refractivity contribution is 6.31. The number of carbonyl (C=O) groups excluding carboxylic acids is 1. The van der Waals surface area contributed by atoms with E-state index in [2.05, 4.69) is 9.55 Å². The molecule has 1 aromatic heterocycles. The van der Waals surface area contributed by atoms with Crippen molar-refractivity contribution in [1.82, 2.24) is 14.5 Å². The number of carbonyl (C=O) groups is 1. The van der Waals surface area contributed by atoms with Crippen molar-refractivity contribution in [3.63, 3.8) is 0 Å². The van der Waals surface area contributed by atoms with E-state index in [1.807, 2.05) is 18.2 Å². The van der Waals surface area contributed by atoms with Gasteiger partial charge in [-0.1, -0.05) is 23.7 Å². The predicted molar refractivity (Wildman–Crippen MR) is 99.7 cm³/mol. The first kappa shape index (κ1) is 17.0. The van der Waals surface area contributed by atoms with E-state index < -0.39 is 5.82 Å². The van der Waals surface area contributed by atoms with Gasteiger partial charge < -0.3 is 9.47 Å². The Balaban J connectivity index is 1.65. The van der Waals surface area contributed by atoms with Gasteiger partial charge in [-0.15, -0.1) is 0 Å². The van der Waals surface area contributed by atoms with Gasteiger partial charge in [0.2, 0.25) is 0 Å². The number of imidazole rings is 1. The van der Waals surface area contributed by atoms with Gasteiger partial charge in [0.05, 0.1) is 23.1 Å². The molecule has 0 radical (unpaired) electrons. The lowest BCUT2D eigenvalue weighted by molar-refractivity contribution is 0.0775. The Morgan fingerprint density at radius 2 is 2.08 bits per heavy atom. The van der Waals surface area contributed by atoms with Crippen LogP contribution in [0.15, 0.2) is 42.5 Å². The molecule has 1 amide bonds. The maximum atomic E-state index is 13.9. The predicted octanol–water partition coefficient (Wildman–Crippen LogP) is 4.51. The molecule has 0 N–H and O–H groups in total. The molecule has 2 aromatic carbocycles. The largest absolute Gasteiger partial charge is 0.334 e. The third kappa shape index (κ3) is 3.31. The first-order valence-electron chi connectivity index (χ1n) is 8.67. The summed E-state index contributed by atoms with van der Waals surface area (Å²) < 4.78 is 16.1. The summed E-state index contributed by atoms with van der Waals surface area (Å²) >= 11 is 6.16. The van der Waals surface area contributed by atoms with E-state index in [1.165, 1.54) is 29.9 Å². The topological polar surface area (TPSA) is 38.1 Å². The number of rotatable bonds is 5. The summed E-state index contributed by atoms with van der Waals surface area (Å²) in [5.41, 5.74) is 1.91. The molecule has 134 valence electrons. The van der Waals surface area contributed by atoms with Crippen molar-refractivity contribution in [1.29, 1.82) is 0 Å². The Bertz CT molecular complexity index is 980. The van der Waals surface area contributed by atoms with Crippen molar-refractivity contribution >= 4 is 28.5 Å². The third-order valence-electron chi connectivity index (χ3n) is 4.76. The molecular weight excluding hydrogens is 353 g/mol. The molecular formula is C20H19ClFN3O. The summed E-state index contributed by atoms with van der Waals surface area (Å²) in [6.07, 6.45) is 2.42. The molecule has 0 unspecified atom stereocenters. The van der Waals surface area contributed by atoms with Gasteiger partial charge in [-0.2, -0.15) is 0 Å². The maximum Gasteiger partial charge on any atom is 0.256 e. The van der Waals surface area contributed by atoms with E-state index in [-0.39, 0.29) is 11.5 Å². The molecule has 1 aliphatic rings. The molecule has 1 aliphatic carbocycles. The average Bonchev–Trinajstić information content (AvgIpc) is 3.38. The molecule has 4 nitrogen and oxygen atoms in total. The van der Waals surface area contributed by atoms with Crippen LogP contribution in [0.1, 0.15) is 29.0 Å². The second-order valence-electron chi connectivity index (χ2n) is 6.86. The van der Waals surface area contributed by atoms with E-state index in [1.54, 1.807) is 19.2 Å². The molecule has 26 heavy (non-hydrogen) atoms. The quantitative estimate of drug-likeness (QED) is 0.661. The monoisotopic (exact) mass is 371 g/mol. The number of nitrogens with zero attached hydrogens (tertiary/aromatic N) is 3. The van der Waals surface area contributed by atoms with Crippen molar-refractivity contribution in [3.8, 4) is 0 Å². The van der Waals surface area contributed by atoms with Crippen LogP contribution in [0.4, 0.5) is 4.39 Å². The van der Waals surface area contributed by atoms with Gasteiger partial charge in [-0.05, 0) is 49.1 Å². The Hall–Kier alpha value is -2.40. The van der Waals surface area contributed by atoms with Crippen molar-refractivity contribution in [2.75, 3.05) is 7.05 Å². The number of halogens is 2. The molecule has 6 heteroatoms. The Kier molecular flexibility index (Phi) is 4.41. The van der Waals surface area contributed by atoms with Gasteiger partial charge in [0.15, 0.2) is 0 Å². The summed E-state index contributed by atoms with van der Waals surface area (Å²) in [5.74, 6) is 0.577. The fraction of sp³-hybridized carbons (Fsp3) is 0.300. The van der Waals surface area contributed by atoms with Crippen molar-refractivity contribution < 1.29 is 9.18 Å². The Labute approximate surface area is 156 Å². The zero-order valence-corrected chi connectivity index (χ0v) is 15.2. The number of amides is 1. The lowest BCUT2D eigenvalue weighted by atomic mass is 10.2. The number of benzene rings is 2. The lowest BCUT2D eigenvalue weighted by Crippen LogP contribution is -2.28. The van der Waals surface area contributed by atoms with Gasteiger partial charge in [0.25, 0.3) is 5.91 Å². The summed E-state index contributed by atoms with van der Waals surface area (Å²) in [6.45, 7) is 1.18. The van der Waals surface area contributed by atoms with Crippen LogP contribution in [0.5, 0.6) is 0 Å².